The second-order valence-corrected chi connectivity index (χ2v) is 6.26. The highest BCUT2D eigenvalue weighted by atomic mass is 16.1. The zero-order chi connectivity index (χ0) is 14.2. The van der Waals surface area contributed by atoms with Crippen molar-refractivity contribution in [2.75, 3.05) is 20.6 Å². The van der Waals surface area contributed by atoms with Gasteiger partial charge in [0.1, 0.15) is 5.82 Å². The Labute approximate surface area is 119 Å². The lowest BCUT2D eigenvalue weighted by Gasteiger charge is -2.47. The number of carbonyl (C=O) groups excluding carboxylic acids is 1. The van der Waals surface area contributed by atoms with Crippen LogP contribution >= 0.6 is 0 Å². The molecule has 0 bridgehead atoms. The van der Waals surface area contributed by atoms with Crippen molar-refractivity contribution in [2.45, 2.75) is 43.6 Å². The van der Waals surface area contributed by atoms with Gasteiger partial charge >= 0.3 is 0 Å². The van der Waals surface area contributed by atoms with Gasteiger partial charge in [-0.2, -0.15) is 0 Å². The normalized spacial score (nSPS) is 20.6. The summed E-state index contributed by atoms with van der Waals surface area (Å²) in [6.45, 7) is 0.698. The number of aromatic nitrogens is 2. The van der Waals surface area contributed by atoms with Crippen LogP contribution in [0.15, 0.2) is 12.4 Å². The molecule has 108 valence electrons. The lowest BCUT2D eigenvalue weighted by Crippen LogP contribution is -2.57. The Morgan fingerprint density at radius 3 is 2.45 bits per heavy atom. The van der Waals surface area contributed by atoms with Crippen molar-refractivity contribution in [3.63, 3.8) is 0 Å². The van der Waals surface area contributed by atoms with Gasteiger partial charge in [-0.25, -0.2) is 9.97 Å². The van der Waals surface area contributed by atoms with E-state index in [0.29, 0.717) is 18.0 Å². The summed E-state index contributed by atoms with van der Waals surface area (Å²) in [7, 11) is 4.16. The van der Waals surface area contributed by atoms with E-state index in [9.17, 15) is 4.79 Å². The first-order chi connectivity index (χ1) is 9.61. The maximum absolute atomic E-state index is 12.1. The average Bonchev–Trinajstić information content (AvgIpc) is 3.21. The van der Waals surface area contributed by atoms with Crippen molar-refractivity contribution in [1.29, 1.82) is 0 Å². The fourth-order valence-corrected chi connectivity index (χ4v) is 2.72. The molecule has 0 saturated heterocycles. The van der Waals surface area contributed by atoms with Gasteiger partial charge in [-0.1, -0.05) is 0 Å². The van der Waals surface area contributed by atoms with Gasteiger partial charge in [0.05, 0.1) is 5.56 Å². The number of amides is 1. The van der Waals surface area contributed by atoms with Gasteiger partial charge in [0.2, 0.25) is 0 Å². The van der Waals surface area contributed by atoms with Gasteiger partial charge in [-0.05, 0) is 46.2 Å². The van der Waals surface area contributed by atoms with Crippen LogP contribution in [0.4, 0.5) is 0 Å². The molecule has 1 amide bonds. The van der Waals surface area contributed by atoms with Crippen LogP contribution < -0.4 is 5.32 Å². The van der Waals surface area contributed by atoms with E-state index in [2.05, 4.69) is 34.3 Å². The summed E-state index contributed by atoms with van der Waals surface area (Å²) in [5.41, 5.74) is 0.701. The van der Waals surface area contributed by atoms with Crippen molar-refractivity contribution in [3.05, 3.63) is 23.8 Å². The molecule has 5 nitrogen and oxygen atoms in total. The Hall–Kier alpha value is -1.49. The molecule has 0 atom stereocenters. The predicted molar refractivity (Wildman–Crippen MR) is 76.6 cm³/mol. The smallest absolute Gasteiger partial charge is 0.254 e. The maximum atomic E-state index is 12.1. The molecule has 0 radical (unpaired) electrons. The molecule has 2 fully saturated rings. The van der Waals surface area contributed by atoms with Gasteiger partial charge < -0.3 is 10.2 Å². The third-order valence-corrected chi connectivity index (χ3v) is 4.69. The minimum atomic E-state index is -0.0690. The van der Waals surface area contributed by atoms with E-state index < -0.39 is 0 Å². The van der Waals surface area contributed by atoms with Crippen molar-refractivity contribution in [2.24, 2.45) is 0 Å². The first-order valence-electron chi connectivity index (χ1n) is 7.38. The summed E-state index contributed by atoms with van der Waals surface area (Å²) in [5, 5.41) is 3.03. The van der Waals surface area contributed by atoms with E-state index >= 15 is 0 Å². The summed E-state index contributed by atoms with van der Waals surface area (Å²) >= 11 is 0. The van der Waals surface area contributed by atoms with Gasteiger partial charge in [-0.3, -0.25) is 4.79 Å². The molecule has 1 heterocycles. The molecule has 2 aliphatic rings. The van der Waals surface area contributed by atoms with Crippen LogP contribution in [0.1, 0.15) is 54.2 Å². The topological polar surface area (TPSA) is 58.1 Å². The highest BCUT2D eigenvalue weighted by molar-refractivity contribution is 5.93. The fourth-order valence-electron chi connectivity index (χ4n) is 2.72. The molecule has 2 aliphatic carbocycles. The Morgan fingerprint density at radius 2 is 2.00 bits per heavy atom. The minimum Gasteiger partial charge on any atom is -0.350 e. The zero-order valence-corrected chi connectivity index (χ0v) is 12.2. The van der Waals surface area contributed by atoms with Gasteiger partial charge in [0, 0.05) is 30.4 Å². The molecule has 3 rings (SSSR count). The second kappa shape index (κ2) is 5.13. The molecule has 0 aliphatic heterocycles. The lowest BCUT2D eigenvalue weighted by molar-refractivity contribution is 0.0557. The highest BCUT2D eigenvalue weighted by Gasteiger charge is 2.39. The molecule has 1 aromatic rings. The summed E-state index contributed by atoms with van der Waals surface area (Å²) in [6.07, 6.45) is 9.20. The quantitative estimate of drug-likeness (QED) is 0.885. The Bertz CT molecular complexity index is 489. The van der Waals surface area contributed by atoms with Crippen molar-refractivity contribution >= 4 is 5.91 Å². The third-order valence-electron chi connectivity index (χ3n) is 4.69. The number of carbonyl (C=O) groups is 1. The van der Waals surface area contributed by atoms with E-state index in [1.807, 2.05) is 0 Å². The molecule has 5 heteroatoms. The largest absolute Gasteiger partial charge is 0.350 e. The molecular formula is C15H22N4O. The first kappa shape index (κ1) is 13.5. The Kier molecular flexibility index (Phi) is 3.46. The second-order valence-electron chi connectivity index (χ2n) is 6.26. The van der Waals surface area contributed by atoms with E-state index in [-0.39, 0.29) is 11.4 Å². The monoisotopic (exact) mass is 274 g/mol. The van der Waals surface area contributed by atoms with Crippen molar-refractivity contribution in [1.82, 2.24) is 20.2 Å². The number of hydrogen-bond acceptors (Lipinski definition) is 4. The van der Waals surface area contributed by atoms with E-state index in [1.165, 1.54) is 19.3 Å². The lowest BCUT2D eigenvalue weighted by atomic mass is 9.75. The summed E-state index contributed by atoms with van der Waals surface area (Å²) < 4.78 is 0. The van der Waals surface area contributed by atoms with E-state index in [1.54, 1.807) is 12.4 Å². The molecular weight excluding hydrogens is 252 g/mol. The molecule has 1 N–H and O–H groups in total. The molecule has 0 spiro atoms. The molecule has 0 unspecified atom stereocenters. The molecule has 0 aromatic carbocycles. The average molecular weight is 274 g/mol. The predicted octanol–water partition coefficient (Wildman–Crippen LogP) is 1.57. The standard InChI is InChI=1S/C15H22N4O/c1-19(2)15(6-3-7-15)10-18-14(20)12-8-16-13(17-9-12)11-4-5-11/h8-9,11H,3-7,10H2,1-2H3,(H,18,20). The minimum absolute atomic E-state index is 0.0690. The summed E-state index contributed by atoms with van der Waals surface area (Å²) in [4.78, 5) is 23.0. The molecule has 2 saturated carbocycles. The Balaban J connectivity index is 1.58. The van der Waals surface area contributed by atoms with Crippen LogP contribution in [-0.2, 0) is 0 Å². The van der Waals surface area contributed by atoms with E-state index in [0.717, 1.165) is 18.7 Å². The first-order valence-corrected chi connectivity index (χ1v) is 7.38. The molecule has 20 heavy (non-hydrogen) atoms. The zero-order valence-electron chi connectivity index (χ0n) is 12.2. The Morgan fingerprint density at radius 1 is 1.35 bits per heavy atom. The number of nitrogens with one attached hydrogen (secondary N) is 1. The van der Waals surface area contributed by atoms with Gasteiger partial charge in [0.15, 0.2) is 0 Å². The van der Waals surface area contributed by atoms with Crippen LogP contribution in [-0.4, -0.2) is 47.0 Å². The van der Waals surface area contributed by atoms with Crippen LogP contribution in [0, 0.1) is 0 Å². The van der Waals surface area contributed by atoms with Gasteiger partial charge in [0.25, 0.3) is 5.91 Å². The number of nitrogens with zero attached hydrogens (tertiary/aromatic N) is 3. The van der Waals surface area contributed by atoms with Crippen molar-refractivity contribution < 1.29 is 4.79 Å². The van der Waals surface area contributed by atoms with Gasteiger partial charge in [-0.15, -0.1) is 0 Å². The third kappa shape index (κ3) is 2.54. The summed E-state index contributed by atoms with van der Waals surface area (Å²) in [6, 6.07) is 0. The van der Waals surface area contributed by atoms with Crippen LogP contribution in [0.2, 0.25) is 0 Å². The SMILES string of the molecule is CN(C)C1(CNC(=O)c2cnc(C3CC3)nc2)CCC1. The maximum Gasteiger partial charge on any atom is 0.254 e. The van der Waals surface area contributed by atoms with Crippen LogP contribution in [0.25, 0.3) is 0 Å². The van der Waals surface area contributed by atoms with Crippen LogP contribution in [0.5, 0.6) is 0 Å². The summed E-state index contributed by atoms with van der Waals surface area (Å²) in [5.74, 6) is 1.34. The van der Waals surface area contributed by atoms with E-state index in [4.69, 9.17) is 0 Å². The number of rotatable bonds is 5. The number of hydrogen-bond donors (Lipinski definition) is 1. The number of likely N-dealkylation sites (N-methyl/N-ethyl adjacent to an activating group) is 1. The highest BCUT2D eigenvalue weighted by Crippen LogP contribution is 2.37. The van der Waals surface area contributed by atoms with Crippen LogP contribution in [0.3, 0.4) is 0 Å². The fraction of sp³-hybridized carbons (Fsp3) is 0.667. The van der Waals surface area contributed by atoms with Crippen molar-refractivity contribution in [3.8, 4) is 0 Å². The molecule has 1 aromatic heterocycles.